The monoisotopic (exact) mass is 333 g/mol. The number of nitrogens with zero attached hydrogens (tertiary/aromatic N) is 3. The Morgan fingerprint density at radius 3 is 2.72 bits per heavy atom. The van der Waals surface area contributed by atoms with E-state index < -0.39 is 0 Å². The number of ether oxygens (including phenoxy) is 1. The molecule has 2 heterocycles. The summed E-state index contributed by atoms with van der Waals surface area (Å²) in [5, 5.41) is 4.93. The lowest BCUT2D eigenvalue weighted by Gasteiger charge is -2.11. The summed E-state index contributed by atoms with van der Waals surface area (Å²) >= 11 is 0. The molecule has 0 fully saturated rings. The van der Waals surface area contributed by atoms with E-state index in [1.165, 1.54) is 38.1 Å². The molecule has 25 heavy (non-hydrogen) atoms. The highest BCUT2D eigenvalue weighted by molar-refractivity contribution is 6.14. The third-order valence-electron chi connectivity index (χ3n) is 4.93. The molecule has 2 aromatic carbocycles. The molecule has 0 unspecified atom stereocenters. The van der Waals surface area contributed by atoms with Crippen molar-refractivity contribution in [2.75, 3.05) is 27.2 Å². The Hall–Kier alpha value is -2.59. The molecule has 4 heteroatoms. The van der Waals surface area contributed by atoms with Gasteiger partial charge in [-0.3, -0.25) is 4.98 Å². The van der Waals surface area contributed by atoms with Gasteiger partial charge in [-0.15, -0.1) is 0 Å². The Morgan fingerprint density at radius 1 is 1.08 bits per heavy atom. The summed E-state index contributed by atoms with van der Waals surface area (Å²) < 4.78 is 8.22. The zero-order chi connectivity index (χ0) is 17.6. The molecule has 0 amide bonds. The molecule has 0 saturated carbocycles. The molecule has 0 aliphatic rings. The number of hydrogen-bond acceptors (Lipinski definition) is 3. The normalized spacial score (nSPS) is 11.9. The van der Waals surface area contributed by atoms with E-state index in [4.69, 9.17) is 4.74 Å². The summed E-state index contributed by atoms with van der Waals surface area (Å²) in [7, 11) is 6.25. The minimum Gasteiger partial charge on any atom is -0.492 e. The molecule has 4 nitrogen and oxygen atoms in total. The van der Waals surface area contributed by atoms with E-state index in [-0.39, 0.29) is 0 Å². The summed E-state index contributed by atoms with van der Waals surface area (Å²) in [5.41, 5.74) is 3.80. The first-order valence-electron chi connectivity index (χ1n) is 8.59. The summed E-state index contributed by atoms with van der Waals surface area (Å²) in [5.74, 6) is 0.922. The third-order valence-corrected chi connectivity index (χ3v) is 4.93. The lowest BCUT2D eigenvalue weighted by atomic mass is 10.0. The fraction of sp³-hybridized carbons (Fsp3) is 0.286. The van der Waals surface area contributed by atoms with E-state index in [9.17, 15) is 0 Å². The Labute approximate surface area is 147 Å². The van der Waals surface area contributed by atoms with Crippen LogP contribution in [0.15, 0.2) is 42.7 Å². The first-order chi connectivity index (χ1) is 12.1. The topological polar surface area (TPSA) is 30.3 Å². The van der Waals surface area contributed by atoms with Crippen LogP contribution < -0.4 is 4.74 Å². The highest BCUT2D eigenvalue weighted by atomic mass is 16.5. The van der Waals surface area contributed by atoms with Gasteiger partial charge in [-0.2, -0.15) is 0 Å². The molecule has 0 aliphatic heterocycles. The zero-order valence-corrected chi connectivity index (χ0v) is 15.2. The fourth-order valence-electron chi connectivity index (χ4n) is 3.63. The molecule has 0 N–H and O–H groups in total. The van der Waals surface area contributed by atoms with Gasteiger partial charge in [0.2, 0.25) is 0 Å². The van der Waals surface area contributed by atoms with Gasteiger partial charge in [0.1, 0.15) is 12.4 Å². The van der Waals surface area contributed by atoms with Gasteiger partial charge in [-0.05, 0) is 62.3 Å². The van der Waals surface area contributed by atoms with E-state index >= 15 is 0 Å². The standard InChI is InChI=1S/C21H23N3O/c1-14-17-7-8-22-13-15(17)11-19-18-12-16(25-10-9-23(2)3)5-6-20(18)24(4)21(14)19/h5-8,11-13H,9-10H2,1-4H3. The molecular formula is C21H23N3O. The van der Waals surface area contributed by atoms with Gasteiger partial charge in [-0.25, -0.2) is 0 Å². The van der Waals surface area contributed by atoms with Crippen molar-refractivity contribution < 1.29 is 4.74 Å². The number of hydrogen-bond donors (Lipinski definition) is 0. The van der Waals surface area contributed by atoms with Crippen molar-refractivity contribution in [2.45, 2.75) is 6.92 Å². The summed E-state index contributed by atoms with van der Waals surface area (Å²) in [6, 6.07) is 10.7. The molecule has 0 spiro atoms. The predicted octanol–water partition coefficient (Wildman–Crippen LogP) is 4.13. The minimum atomic E-state index is 0.690. The number of pyridine rings is 1. The van der Waals surface area contributed by atoms with Crippen LogP contribution in [0.1, 0.15) is 5.56 Å². The fourth-order valence-corrected chi connectivity index (χ4v) is 3.63. The maximum Gasteiger partial charge on any atom is 0.120 e. The van der Waals surface area contributed by atoms with E-state index in [2.05, 4.69) is 72.8 Å². The number of likely N-dealkylation sites (N-methyl/N-ethyl adjacent to an activating group) is 1. The van der Waals surface area contributed by atoms with Crippen molar-refractivity contribution >= 4 is 32.6 Å². The molecule has 0 saturated heterocycles. The van der Waals surface area contributed by atoms with Crippen molar-refractivity contribution in [3.05, 3.63) is 48.3 Å². The molecule has 0 atom stereocenters. The van der Waals surface area contributed by atoms with E-state index in [0.29, 0.717) is 6.61 Å². The SMILES string of the molecule is Cc1c2ccncc2cc2c3cc(OCCN(C)C)ccc3n(C)c12. The van der Waals surface area contributed by atoms with Crippen LogP contribution >= 0.6 is 0 Å². The van der Waals surface area contributed by atoms with Gasteiger partial charge in [0.15, 0.2) is 0 Å². The van der Waals surface area contributed by atoms with Gasteiger partial charge < -0.3 is 14.2 Å². The second-order valence-corrected chi connectivity index (χ2v) is 6.88. The Kier molecular flexibility index (Phi) is 3.85. The second kappa shape index (κ2) is 6.05. The maximum absolute atomic E-state index is 5.94. The second-order valence-electron chi connectivity index (χ2n) is 6.88. The van der Waals surface area contributed by atoms with E-state index in [1.807, 2.05) is 12.4 Å². The van der Waals surface area contributed by atoms with Crippen LogP contribution in [-0.2, 0) is 7.05 Å². The van der Waals surface area contributed by atoms with Crippen molar-refractivity contribution in [1.29, 1.82) is 0 Å². The molecule has 0 bridgehead atoms. The minimum absolute atomic E-state index is 0.690. The van der Waals surface area contributed by atoms with E-state index in [1.54, 1.807) is 0 Å². The first kappa shape index (κ1) is 15.9. The molecule has 0 aliphatic carbocycles. The van der Waals surface area contributed by atoms with Gasteiger partial charge in [-0.1, -0.05) is 0 Å². The zero-order valence-electron chi connectivity index (χ0n) is 15.2. The maximum atomic E-state index is 5.94. The number of benzene rings is 2. The summed E-state index contributed by atoms with van der Waals surface area (Å²) in [4.78, 5) is 6.41. The molecule has 4 aromatic rings. The molecular weight excluding hydrogens is 310 g/mol. The smallest absolute Gasteiger partial charge is 0.120 e. The molecule has 0 radical (unpaired) electrons. The van der Waals surface area contributed by atoms with Crippen molar-refractivity contribution in [3.8, 4) is 5.75 Å². The van der Waals surface area contributed by atoms with Gasteiger partial charge >= 0.3 is 0 Å². The quantitative estimate of drug-likeness (QED) is 0.562. The lowest BCUT2D eigenvalue weighted by Crippen LogP contribution is -2.19. The molecule has 4 rings (SSSR count). The Morgan fingerprint density at radius 2 is 1.92 bits per heavy atom. The number of rotatable bonds is 4. The number of fused-ring (bicyclic) bond motifs is 4. The number of aryl methyl sites for hydroxylation is 2. The largest absolute Gasteiger partial charge is 0.492 e. The Bertz CT molecular complexity index is 1080. The van der Waals surface area contributed by atoms with Crippen LogP contribution in [0.3, 0.4) is 0 Å². The number of aromatic nitrogens is 2. The Balaban J connectivity index is 1.91. The molecule has 128 valence electrons. The van der Waals surface area contributed by atoms with Crippen LogP contribution in [-0.4, -0.2) is 41.7 Å². The highest BCUT2D eigenvalue weighted by Gasteiger charge is 2.13. The predicted molar refractivity (Wildman–Crippen MR) is 105 cm³/mol. The highest BCUT2D eigenvalue weighted by Crippen LogP contribution is 2.36. The lowest BCUT2D eigenvalue weighted by molar-refractivity contribution is 0.261. The third kappa shape index (κ3) is 2.63. The average Bonchev–Trinajstić information content (AvgIpc) is 2.87. The molecule has 2 aromatic heterocycles. The summed E-state index contributed by atoms with van der Waals surface area (Å²) in [6.45, 7) is 3.79. The van der Waals surface area contributed by atoms with Crippen molar-refractivity contribution in [3.63, 3.8) is 0 Å². The van der Waals surface area contributed by atoms with Crippen LogP contribution in [0.4, 0.5) is 0 Å². The van der Waals surface area contributed by atoms with Gasteiger partial charge in [0.05, 0.1) is 5.52 Å². The van der Waals surface area contributed by atoms with Crippen molar-refractivity contribution in [1.82, 2.24) is 14.5 Å². The summed E-state index contributed by atoms with van der Waals surface area (Å²) in [6.07, 6.45) is 3.80. The first-order valence-corrected chi connectivity index (χ1v) is 8.59. The van der Waals surface area contributed by atoms with Crippen LogP contribution in [0.5, 0.6) is 5.75 Å². The van der Waals surface area contributed by atoms with Gasteiger partial charge in [0, 0.05) is 47.7 Å². The average molecular weight is 333 g/mol. The van der Waals surface area contributed by atoms with Crippen molar-refractivity contribution in [2.24, 2.45) is 7.05 Å². The van der Waals surface area contributed by atoms with Crippen LogP contribution in [0.2, 0.25) is 0 Å². The van der Waals surface area contributed by atoms with E-state index in [0.717, 1.165) is 12.3 Å². The van der Waals surface area contributed by atoms with Crippen LogP contribution in [0.25, 0.3) is 32.6 Å². The van der Waals surface area contributed by atoms with Crippen LogP contribution in [0, 0.1) is 6.92 Å². The van der Waals surface area contributed by atoms with Gasteiger partial charge in [0.25, 0.3) is 0 Å².